The predicted molar refractivity (Wildman–Crippen MR) is 63.5 cm³/mol. The highest BCUT2D eigenvalue weighted by Gasteiger charge is 2.41. The van der Waals surface area contributed by atoms with Crippen LogP contribution in [0.3, 0.4) is 0 Å². The molecule has 0 fully saturated rings. The number of halogens is 4. The van der Waals surface area contributed by atoms with Crippen molar-refractivity contribution in [2.45, 2.75) is 12.3 Å². The number of rotatable bonds is 4. The molecule has 4 nitrogen and oxygen atoms in total. The summed E-state index contributed by atoms with van der Waals surface area (Å²) in [6.45, 7) is -1.44. The number of nitrogens with zero attached hydrogens (tertiary/aromatic N) is 1. The van der Waals surface area contributed by atoms with Crippen LogP contribution in [0.25, 0.3) is 0 Å². The van der Waals surface area contributed by atoms with E-state index in [1.807, 2.05) is 0 Å². The number of pyridine rings is 1. The Balaban J connectivity index is 2.83. The SMILES string of the molecule is NCC#Cc1cccnc1C(=O)NCC(F)(F)C(F)F. The van der Waals surface area contributed by atoms with Gasteiger partial charge in [-0.15, -0.1) is 0 Å². The van der Waals surface area contributed by atoms with E-state index in [1.165, 1.54) is 18.3 Å². The Morgan fingerprint density at radius 3 is 2.80 bits per heavy atom. The van der Waals surface area contributed by atoms with E-state index in [4.69, 9.17) is 5.73 Å². The first-order valence-corrected chi connectivity index (χ1v) is 5.46. The van der Waals surface area contributed by atoms with Crippen molar-refractivity contribution in [3.63, 3.8) is 0 Å². The molecular weight excluding hydrogens is 278 g/mol. The molecule has 108 valence electrons. The van der Waals surface area contributed by atoms with Crippen LogP contribution >= 0.6 is 0 Å². The quantitative estimate of drug-likeness (QED) is 0.642. The lowest BCUT2D eigenvalue weighted by Crippen LogP contribution is -2.41. The Morgan fingerprint density at radius 1 is 1.50 bits per heavy atom. The Morgan fingerprint density at radius 2 is 2.20 bits per heavy atom. The first-order valence-electron chi connectivity index (χ1n) is 5.46. The summed E-state index contributed by atoms with van der Waals surface area (Å²) in [5.74, 6) is -0.285. The second-order valence-corrected chi connectivity index (χ2v) is 3.65. The topological polar surface area (TPSA) is 68.0 Å². The molecule has 1 heterocycles. The van der Waals surface area contributed by atoms with Gasteiger partial charge in [-0.3, -0.25) is 4.79 Å². The van der Waals surface area contributed by atoms with Gasteiger partial charge in [0.2, 0.25) is 0 Å². The van der Waals surface area contributed by atoms with Crippen LogP contribution in [0.4, 0.5) is 17.6 Å². The van der Waals surface area contributed by atoms with E-state index in [-0.39, 0.29) is 17.8 Å². The van der Waals surface area contributed by atoms with Crippen LogP contribution in [-0.2, 0) is 0 Å². The van der Waals surface area contributed by atoms with Crippen LogP contribution in [0.1, 0.15) is 16.1 Å². The number of aromatic nitrogens is 1. The number of hydrogen-bond acceptors (Lipinski definition) is 3. The van der Waals surface area contributed by atoms with Gasteiger partial charge >= 0.3 is 12.3 Å². The van der Waals surface area contributed by atoms with Crippen molar-refractivity contribution in [1.29, 1.82) is 0 Å². The summed E-state index contributed by atoms with van der Waals surface area (Å²) in [5.41, 5.74) is 5.13. The van der Waals surface area contributed by atoms with Crippen LogP contribution in [0, 0.1) is 11.8 Å². The maximum absolute atomic E-state index is 12.7. The molecule has 1 aromatic heterocycles. The number of carbonyl (C=O) groups excluding carboxylic acids is 1. The van der Waals surface area contributed by atoms with Gasteiger partial charge in [0.05, 0.1) is 18.7 Å². The summed E-state index contributed by atoms with van der Waals surface area (Å²) in [6.07, 6.45) is -2.60. The second-order valence-electron chi connectivity index (χ2n) is 3.65. The van der Waals surface area contributed by atoms with Crippen molar-refractivity contribution in [3.8, 4) is 11.8 Å². The molecule has 0 aliphatic carbocycles. The van der Waals surface area contributed by atoms with Crippen LogP contribution in [0.5, 0.6) is 0 Å². The Kier molecular flexibility index (Phi) is 5.46. The molecule has 0 bridgehead atoms. The molecule has 0 aromatic carbocycles. The highest BCUT2D eigenvalue weighted by atomic mass is 19.3. The van der Waals surface area contributed by atoms with E-state index < -0.39 is 24.8 Å². The van der Waals surface area contributed by atoms with E-state index in [1.54, 1.807) is 5.32 Å². The number of carbonyl (C=O) groups is 1. The van der Waals surface area contributed by atoms with Crippen LogP contribution in [-0.4, -0.2) is 36.3 Å². The van der Waals surface area contributed by atoms with Crippen molar-refractivity contribution < 1.29 is 22.4 Å². The summed E-state index contributed by atoms with van der Waals surface area (Å²) < 4.78 is 49.3. The molecule has 0 saturated heterocycles. The van der Waals surface area contributed by atoms with Gasteiger partial charge in [-0.1, -0.05) is 11.8 Å². The number of amides is 1. The van der Waals surface area contributed by atoms with Gasteiger partial charge in [-0.05, 0) is 12.1 Å². The number of alkyl halides is 4. The molecule has 20 heavy (non-hydrogen) atoms. The van der Waals surface area contributed by atoms with Gasteiger partial charge < -0.3 is 11.1 Å². The van der Waals surface area contributed by atoms with Crippen molar-refractivity contribution in [1.82, 2.24) is 10.3 Å². The van der Waals surface area contributed by atoms with Gasteiger partial charge in [0.25, 0.3) is 5.91 Å². The molecular formula is C12H11F4N3O. The molecule has 0 unspecified atom stereocenters. The molecule has 0 radical (unpaired) electrons. The van der Waals surface area contributed by atoms with Crippen molar-refractivity contribution in [2.24, 2.45) is 5.73 Å². The van der Waals surface area contributed by atoms with Crippen molar-refractivity contribution in [3.05, 3.63) is 29.6 Å². The summed E-state index contributed by atoms with van der Waals surface area (Å²) in [7, 11) is 0. The van der Waals surface area contributed by atoms with Crippen molar-refractivity contribution in [2.75, 3.05) is 13.1 Å². The fraction of sp³-hybridized carbons (Fsp3) is 0.333. The zero-order valence-corrected chi connectivity index (χ0v) is 10.2. The molecule has 0 aliphatic heterocycles. The molecule has 0 spiro atoms. The van der Waals surface area contributed by atoms with E-state index in [2.05, 4.69) is 16.8 Å². The summed E-state index contributed by atoms with van der Waals surface area (Å²) in [6, 6.07) is 2.93. The average molecular weight is 289 g/mol. The molecule has 8 heteroatoms. The largest absolute Gasteiger partial charge is 0.344 e. The highest BCUT2D eigenvalue weighted by Crippen LogP contribution is 2.21. The maximum atomic E-state index is 12.7. The van der Waals surface area contributed by atoms with E-state index >= 15 is 0 Å². The normalized spacial score (nSPS) is 10.9. The zero-order valence-electron chi connectivity index (χ0n) is 10.2. The maximum Gasteiger partial charge on any atom is 0.324 e. The lowest BCUT2D eigenvalue weighted by atomic mass is 10.2. The minimum atomic E-state index is -4.30. The zero-order chi connectivity index (χ0) is 15.2. The van der Waals surface area contributed by atoms with E-state index in [9.17, 15) is 22.4 Å². The Bertz CT molecular complexity index is 537. The predicted octanol–water partition coefficient (Wildman–Crippen LogP) is 1.02. The van der Waals surface area contributed by atoms with Crippen LogP contribution in [0.15, 0.2) is 18.3 Å². The molecule has 0 saturated carbocycles. The molecule has 0 atom stereocenters. The fourth-order valence-electron chi connectivity index (χ4n) is 1.19. The lowest BCUT2D eigenvalue weighted by molar-refractivity contribution is -0.123. The second kappa shape index (κ2) is 6.86. The summed E-state index contributed by atoms with van der Waals surface area (Å²) in [4.78, 5) is 15.3. The van der Waals surface area contributed by atoms with Gasteiger partial charge in [-0.2, -0.15) is 8.78 Å². The summed E-state index contributed by atoms with van der Waals surface area (Å²) >= 11 is 0. The Hall–Kier alpha value is -2.14. The minimum absolute atomic E-state index is 0.0411. The number of hydrogen-bond donors (Lipinski definition) is 2. The third-order valence-corrected chi connectivity index (χ3v) is 2.15. The third kappa shape index (κ3) is 4.20. The first-order chi connectivity index (χ1) is 9.38. The average Bonchev–Trinajstić information content (AvgIpc) is 2.42. The van der Waals surface area contributed by atoms with Crippen LogP contribution in [0.2, 0.25) is 0 Å². The molecule has 0 aliphatic rings. The third-order valence-electron chi connectivity index (χ3n) is 2.15. The van der Waals surface area contributed by atoms with Gasteiger partial charge in [-0.25, -0.2) is 13.8 Å². The minimum Gasteiger partial charge on any atom is -0.344 e. The highest BCUT2D eigenvalue weighted by molar-refractivity contribution is 5.94. The lowest BCUT2D eigenvalue weighted by Gasteiger charge is -2.15. The standard InChI is InChI=1S/C12H11F4N3O/c13-11(14)12(15,16)7-19-10(20)9-8(3-1-5-17)4-2-6-18-9/h2,4,6,11H,5,7,17H2,(H,19,20). The van der Waals surface area contributed by atoms with Gasteiger partial charge in [0.1, 0.15) is 5.69 Å². The summed E-state index contributed by atoms with van der Waals surface area (Å²) in [5, 5.41) is 1.71. The van der Waals surface area contributed by atoms with Gasteiger partial charge in [0.15, 0.2) is 0 Å². The fourth-order valence-corrected chi connectivity index (χ4v) is 1.19. The van der Waals surface area contributed by atoms with Crippen LogP contribution < -0.4 is 11.1 Å². The number of nitrogens with two attached hydrogens (primary N) is 1. The van der Waals surface area contributed by atoms with E-state index in [0.29, 0.717) is 0 Å². The number of nitrogens with one attached hydrogen (secondary N) is 1. The van der Waals surface area contributed by atoms with E-state index in [0.717, 1.165) is 0 Å². The molecule has 1 aromatic rings. The molecule has 1 amide bonds. The monoisotopic (exact) mass is 289 g/mol. The van der Waals surface area contributed by atoms with Gasteiger partial charge in [0, 0.05) is 6.20 Å². The first kappa shape index (κ1) is 15.9. The molecule has 1 rings (SSSR count). The smallest absolute Gasteiger partial charge is 0.324 e. The Labute approximate surface area is 112 Å². The molecule has 3 N–H and O–H groups in total. The van der Waals surface area contributed by atoms with Crippen molar-refractivity contribution >= 4 is 5.91 Å².